The maximum atomic E-state index is 13.3. The summed E-state index contributed by atoms with van der Waals surface area (Å²) in [6.07, 6.45) is 3.11. The van der Waals surface area contributed by atoms with E-state index in [1.54, 1.807) is 17.8 Å². The number of anilines is 1. The number of carbonyl (C=O) groups is 1. The molecule has 1 heterocycles. The van der Waals surface area contributed by atoms with Crippen molar-refractivity contribution in [3.8, 4) is 11.4 Å². The molecule has 2 aromatic carbocycles. The minimum absolute atomic E-state index is 0.293. The van der Waals surface area contributed by atoms with Gasteiger partial charge in [0, 0.05) is 12.3 Å². The molecule has 0 saturated heterocycles. The molecule has 0 bridgehead atoms. The molecular weight excluding hydrogens is 309 g/mol. The minimum Gasteiger partial charge on any atom is -0.492 e. The van der Waals surface area contributed by atoms with E-state index in [4.69, 9.17) is 4.74 Å². The van der Waals surface area contributed by atoms with Crippen LogP contribution in [0.15, 0.2) is 60.9 Å². The molecule has 0 fully saturated rings. The van der Waals surface area contributed by atoms with Gasteiger partial charge in [0.05, 0.1) is 29.7 Å². The number of amides is 1. The summed E-state index contributed by atoms with van der Waals surface area (Å²) in [6.45, 7) is 2.17. The van der Waals surface area contributed by atoms with Crippen LogP contribution < -0.4 is 10.1 Å². The van der Waals surface area contributed by atoms with Crippen LogP contribution >= 0.6 is 0 Å². The molecule has 0 aliphatic carbocycles. The van der Waals surface area contributed by atoms with E-state index in [2.05, 4.69) is 10.4 Å². The van der Waals surface area contributed by atoms with Crippen molar-refractivity contribution in [2.24, 2.45) is 0 Å². The first-order chi connectivity index (χ1) is 11.7. The lowest BCUT2D eigenvalue weighted by Crippen LogP contribution is -2.12. The van der Waals surface area contributed by atoms with E-state index in [-0.39, 0.29) is 5.91 Å². The molecule has 0 unspecified atom stereocenters. The summed E-state index contributed by atoms with van der Waals surface area (Å²) in [6, 6.07) is 13.5. The molecule has 0 saturated carbocycles. The molecule has 0 spiro atoms. The fraction of sp³-hybridized carbons (Fsp3) is 0.111. The van der Waals surface area contributed by atoms with Crippen LogP contribution in [0, 0.1) is 5.82 Å². The second-order valence-electron chi connectivity index (χ2n) is 5.04. The molecule has 0 radical (unpaired) electrons. The molecule has 1 N–H and O–H groups in total. The zero-order chi connectivity index (χ0) is 16.9. The SMILES string of the molecule is CCOc1cc(F)ccc1NC(=O)c1cnn(-c2ccccc2)c1. The van der Waals surface area contributed by atoms with Gasteiger partial charge >= 0.3 is 0 Å². The van der Waals surface area contributed by atoms with Crippen LogP contribution in [-0.2, 0) is 0 Å². The average molecular weight is 325 g/mol. The molecule has 0 atom stereocenters. The molecule has 24 heavy (non-hydrogen) atoms. The van der Waals surface area contributed by atoms with Gasteiger partial charge in [0.25, 0.3) is 5.91 Å². The van der Waals surface area contributed by atoms with E-state index >= 15 is 0 Å². The Morgan fingerprint density at radius 1 is 1.25 bits per heavy atom. The summed E-state index contributed by atoms with van der Waals surface area (Å²) in [5.41, 5.74) is 1.66. The summed E-state index contributed by atoms with van der Waals surface area (Å²) in [7, 11) is 0. The lowest BCUT2D eigenvalue weighted by atomic mass is 10.2. The number of rotatable bonds is 5. The summed E-state index contributed by atoms with van der Waals surface area (Å²) in [5.74, 6) is -0.473. The fourth-order valence-electron chi connectivity index (χ4n) is 2.23. The number of nitrogens with zero attached hydrogens (tertiary/aromatic N) is 2. The normalized spacial score (nSPS) is 10.4. The number of hydrogen-bond acceptors (Lipinski definition) is 3. The van der Waals surface area contributed by atoms with Crippen molar-refractivity contribution in [2.75, 3.05) is 11.9 Å². The summed E-state index contributed by atoms with van der Waals surface area (Å²) in [5, 5.41) is 6.91. The van der Waals surface area contributed by atoms with Gasteiger partial charge in [0.2, 0.25) is 0 Å². The first kappa shape index (κ1) is 15.7. The van der Waals surface area contributed by atoms with Gasteiger partial charge in [-0.3, -0.25) is 4.79 Å². The van der Waals surface area contributed by atoms with Crippen molar-refractivity contribution in [1.82, 2.24) is 9.78 Å². The molecule has 3 aromatic rings. The van der Waals surface area contributed by atoms with Crippen molar-refractivity contribution >= 4 is 11.6 Å². The van der Waals surface area contributed by atoms with Gasteiger partial charge in [-0.1, -0.05) is 18.2 Å². The fourth-order valence-corrected chi connectivity index (χ4v) is 2.23. The molecule has 6 heteroatoms. The number of ether oxygens (including phenoxy) is 1. The van der Waals surface area contributed by atoms with E-state index in [9.17, 15) is 9.18 Å². The maximum absolute atomic E-state index is 13.3. The van der Waals surface area contributed by atoms with Crippen LogP contribution in [0.5, 0.6) is 5.75 Å². The number of benzene rings is 2. The predicted octanol–water partition coefficient (Wildman–Crippen LogP) is 3.66. The van der Waals surface area contributed by atoms with E-state index in [1.165, 1.54) is 24.4 Å². The molecule has 0 aliphatic rings. The molecule has 5 nitrogen and oxygen atoms in total. The molecule has 0 aliphatic heterocycles. The average Bonchev–Trinajstić information content (AvgIpc) is 3.08. The van der Waals surface area contributed by atoms with E-state index < -0.39 is 5.82 Å². The third kappa shape index (κ3) is 3.43. The second kappa shape index (κ2) is 6.95. The topological polar surface area (TPSA) is 56.1 Å². The lowest BCUT2D eigenvalue weighted by Gasteiger charge is -2.10. The standard InChI is InChI=1S/C18H16FN3O2/c1-2-24-17-10-14(19)8-9-16(17)21-18(23)13-11-20-22(12-13)15-6-4-3-5-7-15/h3-12H,2H2,1H3,(H,21,23). The first-order valence-corrected chi connectivity index (χ1v) is 7.51. The largest absolute Gasteiger partial charge is 0.492 e. The smallest absolute Gasteiger partial charge is 0.258 e. The third-order valence-corrected chi connectivity index (χ3v) is 3.36. The number of hydrogen-bond donors (Lipinski definition) is 1. The van der Waals surface area contributed by atoms with Crippen LogP contribution in [0.1, 0.15) is 17.3 Å². The van der Waals surface area contributed by atoms with Crippen molar-refractivity contribution < 1.29 is 13.9 Å². The highest BCUT2D eigenvalue weighted by Gasteiger charge is 2.13. The van der Waals surface area contributed by atoms with Gasteiger partial charge in [0.15, 0.2) is 0 Å². The molecule has 1 amide bonds. The second-order valence-corrected chi connectivity index (χ2v) is 5.04. The number of carbonyl (C=O) groups excluding carboxylic acids is 1. The van der Waals surface area contributed by atoms with Gasteiger partial charge < -0.3 is 10.1 Å². The number of halogens is 1. The Labute approximate surface area is 138 Å². The van der Waals surface area contributed by atoms with Crippen LogP contribution in [0.3, 0.4) is 0 Å². The highest BCUT2D eigenvalue weighted by molar-refractivity contribution is 6.04. The Morgan fingerprint density at radius 2 is 2.04 bits per heavy atom. The number of para-hydroxylation sites is 1. The van der Waals surface area contributed by atoms with Gasteiger partial charge in [-0.25, -0.2) is 9.07 Å². The Kier molecular flexibility index (Phi) is 4.56. The zero-order valence-corrected chi connectivity index (χ0v) is 13.1. The van der Waals surface area contributed by atoms with Gasteiger partial charge in [-0.2, -0.15) is 5.10 Å². The van der Waals surface area contributed by atoms with Crippen molar-refractivity contribution in [3.05, 3.63) is 72.3 Å². The summed E-state index contributed by atoms with van der Waals surface area (Å²) < 4.78 is 20.3. The maximum Gasteiger partial charge on any atom is 0.258 e. The first-order valence-electron chi connectivity index (χ1n) is 7.51. The predicted molar refractivity (Wildman–Crippen MR) is 89.1 cm³/mol. The quantitative estimate of drug-likeness (QED) is 0.779. The van der Waals surface area contributed by atoms with Crippen molar-refractivity contribution in [2.45, 2.75) is 6.92 Å². The molecular formula is C18H16FN3O2. The number of nitrogens with one attached hydrogen (secondary N) is 1. The molecule has 122 valence electrons. The van der Waals surface area contributed by atoms with Crippen LogP contribution in [-0.4, -0.2) is 22.3 Å². The van der Waals surface area contributed by atoms with Crippen LogP contribution in [0.25, 0.3) is 5.69 Å². The van der Waals surface area contributed by atoms with E-state index in [0.717, 1.165) is 5.69 Å². The molecule has 1 aromatic heterocycles. The zero-order valence-electron chi connectivity index (χ0n) is 13.1. The highest BCUT2D eigenvalue weighted by atomic mass is 19.1. The summed E-state index contributed by atoms with van der Waals surface area (Å²) >= 11 is 0. The Morgan fingerprint density at radius 3 is 2.79 bits per heavy atom. The van der Waals surface area contributed by atoms with Gasteiger partial charge in [-0.05, 0) is 31.2 Å². The Bertz CT molecular complexity index is 846. The summed E-state index contributed by atoms with van der Waals surface area (Å²) in [4.78, 5) is 12.4. The monoisotopic (exact) mass is 325 g/mol. The Balaban J connectivity index is 1.80. The molecule has 3 rings (SSSR count). The lowest BCUT2D eigenvalue weighted by molar-refractivity contribution is 0.102. The van der Waals surface area contributed by atoms with E-state index in [0.29, 0.717) is 23.6 Å². The van der Waals surface area contributed by atoms with Gasteiger partial charge in [0.1, 0.15) is 11.6 Å². The van der Waals surface area contributed by atoms with E-state index in [1.807, 2.05) is 30.3 Å². The minimum atomic E-state index is -0.423. The third-order valence-electron chi connectivity index (χ3n) is 3.36. The van der Waals surface area contributed by atoms with Crippen LogP contribution in [0.4, 0.5) is 10.1 Å². The highest BCUT2D eigenvalue weighted by Crippen LogP contribution is 2.26. The van der Waals surface area contributed by atoms with Crippen molar-refractivity contribution in [1.29, 1.82) is 0 Å². The Hall–Kier alpha value is -3.15. The number of aromatic nitrogens is 2. The van der Waals surface area contributed by atoms with Gasteiger partial charge in [-0.15, -0.1) is 0 Å². The van der Waals surface area contributed by atoms with Crippen molar-refractivity contribution in [3.63, 3.8) is 0 Å². The van der Waals surface area contributed by atoms with Crippen LogP contribution in [0.2, 0.25) is 0 Å².